The van der Waals surface area contributed by atoms with Crippen molar-refractivity contribution in [3.8, 4) is 5.75 Å². The van der Waals surface area contributed by atoms with Crippen molar-refractivity contribution < 1.29 is 23.9 Å². The summed E-state index contributed by atoms with van der Waals surface area (Å²) in [4.78, 5) is 51.1. The number of carbonyl (C=O) groups is 4. The largest absolute Gasteiger partial charge is 0.497 e. The molecule has 1 heterocycles. The van der Waals surface area contributed by atoms with Crippen LogP contribution in [0, 0.1) is 0 Å². The van der Waals surface area contributed by atoms with Gasteiger partial charge in [-0.3, -0.25) is 24.6 Å². The lowest BCUT2D eigenvalue weighted by Gasteiger charge is -2.26. The zero-order valence-electron chi connectivity index (χ0n) is 15.7. The normalized spacial score (nSPS) is 16.0. The third-order valence-corrected chi connectivity index (χ3v) is 4.77. The number of nitrogens with one attached hydrogen (secondary N) is 1. The number of imide groups is 1. The molecule has 0 aromatic heterocycles. The molecule has 0 spiro atoms. The molecule has 1 aliphatic heterocycles. The summed E-state index contributed by atoms with van der Waals surface area (Å²) in [6.45, 7) is 1.20. The Balaban J connectivity index is 1.83. The predicted octanol–water partition coefficient (Wildman–Crippen LogP) is 2.17. The number of amides is 4. The third-order valence-electron chi connectivity index (χ3n) is 4.44. The average Bonchev–Trinajstić information content (AvgIpc) is 3.00. The van der Waals surface area contributed by atoms with Crippen LogP contribution in [0.4, 0.5) is 5.69 Å². The van der Waals surface area contributed by atoms with Crippen molar-refractivity contribution in [3.63, 3.8) is 0 Å². The van der Waals surface area contributed by atoms with Gasteiger partial charge in [-0.25, -0.2) is 9.91 Å². The van der Waals surface area contributed by atoms with Crippen molar-refractivity contribution >= 4 is 40.9 Å². The molecule has 2 aromatic rings. The lowest BCUT2D eigenvalue weighted by Crippen LogP contribution is -2.54. The number of methoxy groups -OCH3 is 1. The maximum absolute atomic E-state index is 12.9. The minimum Gasteiger partial charge on any atom is -0.497 e. The van der Waals surface area contributed by atoms with E-state index in [2.05, 4.69) is 5.43 Å². The van der Waals surface area contributed by atoms with E-state index < -0.39 is 29.7 Å². The highest BCUT2D eigenvalue weighted by Crippen LogP contribution is 2.27. The molecule has 0 saturated carbocycles. The van der Waals surface area contributed by atoms with Crippen molar-refractivity contribution in [2.45, 2.75) is 19.4 Å². The van der Waals surface area contributed by atoms with Gasteiger partial charge in [-0.05, 0) is 36.4 Å². The Kier molecular flexibility index (Phi) is 5.84. The zero-order chi connectivity index (χ0) is 21.1. The third kappa shape index (κ3) is 4.07. The van der Waals surface area contributed by atoms with E-state index >= 15 is 0 Å². The van der Waals surface area contributed by atoms with E-state index in [9.17, 15) is 19.2 Å². The first-order chi connectivity index (χ1) is 13.8. The Morgan fingerprint density at radius 3 is 2.38 bits per heavy atom. The van der Waals surface area contributed by atoms with E-state index in [1.165, 1.54) is 26.2 Å². The van der Waals surface area contributed by atoms with Crippen molar-refractivity contribution in [1.82, 2.24) is 10.4 Å². The van der Waals surface area contributed by atoms with Gasteiger partial charge in [0.05, 0.1) is 29.8 Å². The highest BCUT2D eigenvalue weighted by molar-refractivity contribution is 6.33. The molecule has 1 aliphatic rings. The molecule has 8 nitrogen and oxygen atoms in total. The molecule has 29 heavy (non-hydrogen) atoms. The first kappa shape index (κ1) is 20.3. The molecule has 0 bridgehead atoms. The van der Waals surface area contributed by atoms with E-state index in [0.29, 0.717) is 11.4 Å². The summed E-state index contributed by atoms with van der Waals surface area (Å²) < 4.78 is 5.07. The van der Waals surface area contributed by atoms with Gasteiger partial charge in [-0.1, -0.05) is 23.7 Å². The molecular weight excluding hydrogens is 398 g/mol. The fourth-order valence-corrected chi connectivity index (χ4v) is 3.23. The van der Waals surface area contributed by atoms with Gasteiger partial charge >= 0.3 is 0 Å². The minimum absolute atomic E-state index is 0.143. The van der Waals surface area contributed by atoms with Crippen molar-refractivity contribution in [3.05, 3.63) is 59.1 Å². The van der Waals surface area contributed by atoms with Crippen LogP contribution in [0.25, 0.3) is 0 Å². The predicted molar refractivity (Wildman–Crippen MR) is 105 cm³/mol. The molecule has 3 rings (SSSR count). The molecule has 0 radical (unpaired) electrons. The zero-order valence-corrected chi connectivity index (χ0v) is 16.5. The summed E-state index contributed by atoms with van der Waals surface area (Å²) >= 11 is 6.02. The average molecular weight is 416 g/mol. The molecule has 1 atom stereocenters. The van der Waals surface area contributed by atoms with Crippen molar-refractivity contribution in [1.29, 1.82) is 0 Å². The van der Waals surface area contributed by atoms with Crippen LogP contribution in [0.2, 0.25) is 5.02 Å². The van der Waals surface area contributed by atoms with Crippen LogP contribution in [0.3, 0.4) is 0 Å². The van der Waals surface area contributed by atoms with Gasteiger partial charge in [-0.2, -0.15) is 0 Å². The lowest BCUT2D eigenvalue weighted by atomic mass is 10.2. The van der Waals surface area contributed by atoms with Crippen LogP contribution in [0.5, 0.6) is 5.75 Å². The number of benzene rings is 2. The van der Waals surface area contributed by atoms with Crippen LogP contribution in [0.15, 0.2) is 48.5 Å². The highest BCUT2D eigenvalue weighted by atomic mass is 35.5. The van der Waals surface area contributed by atoms with E-state index in [4.69, 9.17) is 16.3 Å². The number of carbonyl (C=O) groups excluding carboxylic acids is 4. The molecule has 1 unspecified atom stereocenters. The van der Waals surface area contributed by atoms with Gasteiger partial charge in [0.15, 0.2) is 0 Å². The fourth-order valence-electron chi connectivity index (χ4n) is 3.01. The molecule has 9 heteroatoms. The Morgan fingerprint density at radius 2 is 1.79 bits per heavy atom. The topological polar surface area (TPSA) is 96.0 Å². The lowest BCUT2D eigenvalue weighted by molar-refractivity contribution is -0.139. The van der Waals surface area contributed by atoms with E-state index in [0.717, 1.165) is 9.91 Å². The number of halogens is 1. The monoisotopic (exact) mass is 415 g/mol. The second-order valence-corrected chi connectivity index (χ2v) is 6.70. The van der Waals surface area contributed by atoms with Crippen molar-refractivity contribution in [2.24, 2.45) is 0 Å². The number of hydrogen-bond donors (Lipinski definition) is 1. The highest BCUT2D eigenvalue weighted by Gasteiger charge is 2.44. The maximum Gasteiger partial charge on any atom is 0.271 e. The van der Waals surface area contributed by atoms with E-state index in [1.807, 2.05) is 0 Å². The van der Waals surface area contributed by atoms with Gasteiger partial charge in [0.1, 0.15) is 11.8 Å². The molecule has 4 amide bonds. The first-order valence-electron chi connectivity index (χ1n) is 8.69. The number of hydrogen-bond acceptors (Lipinski definition) is 5. The molecule has 1 fully saturated rings. The fraction of sp³-hybridized carbons (Fsp3) is 0.200. The Hall–Kier alpha value is -3.39. The Morgan fingerprint density at radius 1 is 1.14 bits per heavy atom. The van der Waals surface area contributed by atoms with Gasteiger partial charge in [0.25, 0.3) is 11.8 Å². The summed E-state index contributed by atoms with van der Waals surface area (Å²) in [5.74, 6) is -1.78. The van der Waals surface area contributed by atoms with Gasteiger partial charge in [0, 0.05) is 6.92 Å². The molecule has 2 aromatic carbocycles. The van der Waals surface area contributed by atoms with Gasteiger partial charge in [-0.15, -0.1) is 0 Å². The standard InChI is InChI=1S/C20H18ClN3O5/c1-12(25)24(22-19(27)15-5-3-4-6-16(15)21)17-11-18(26)23(20(17)28)13-7-9-14(29-2)10-8-13/h3-10,17H,11H2,1-2H3,(H,22,27). The van der Waals surface area contributed by atoms with E-state index in [1.54, 1.807) is 36.4 Å². The Labute approximate surface area is 172 Å². The summed E-state index contributed by atoms with van der Waals surface area (Å²) in [6, 6.07) is 11.5. The van der Waals surface area contributed by atoms with Crippen LogP contribution < -0.4 is 15.1 Å². The smallest absolute Gasteiger partial charge is 0.271 e. The number of hydrazine groups is 1. The second-order valence-electron chi connectivity index (χ2n) is 6.30. The van der Waals surface area contributed by atoms with Gasteiger partial charge < -0.3 is 4.74 Å². The van der Waals surface area contributed by atoms with Crippen LogP contribution in [-0.2, 0) is 14.4 Å². The Bertz CT molecular complexity index is 976. The summed E-state index contributed by atoms with van der Waals surface area (Å²) in [7, 11) is 1.50. The molecule has 1 saturated heterocycles. The van der Waals surface area contributed by atoms with E-state index in [-0.39, 0.29) is 17.0 Å². The summed E-state index contributed by atoms with van der Waals surface area (Å²) in [5.41, 5.74) is 2.89. The quantitative estimate of drug-likeness (QED) is 0.610. The number of rotatable bonds is 4. The second kappa shape index (κ2) is 8.32. The summed E-state index contributed by atoms with van der Waals surface area (Å²) in [5, 5.41) is 1.07. The molecule has 0 aliphatic carbocycles. The van der Waals surface area contributed by atoms with Crippen LogP contribution >= 0.6 is 11.6 Å². The minimum atomic E-state index is -1.16. The maximum atomic E-state index is 12.9. The number of ether oxygens (including phenoxy) is 1. The van der Waals surface area contributed by atoms with Crippen LogP contribution in [0.1, 0.15) is 23.7 Å². The molecule has 1 N–H and O–H groups in total. The van der Waals surface area contributed by atoms with Gasteiger partial charge in [0.2, 0.25) is 11.8 Å². The SMILES string of the molecule is COc1ccc(N2C(=O)CC(N(NC(=O)c3ccccc3Cl)C(C)=O)C2=O)cc1. The van der Waals surface area contributed by atoms with Crippen molar-refractivity contribution in [2.75, 3.05) is 12.0 Å². The van der Waals surface area contributed by atoms with Crippen LogP contribution in [-0.4, -0.2) is 41.8 Å². The number of anilines is 1. The first-order valence-corrected chi connectivity index (χ1v) is 9.07. The molecule has 150 valence electrons. The molecular formula is C20H18ClN3O5. The summed E-state index contributed by atoms with van der Waals surface area (Å²) in [6.07, 6.45) is -0.257. The number of nitrogens with zero attached hydrogens (tertiary/aromatic N) is 2.